The summed E-state index contributed by atoms with van der Waals surface area (Å²) in [5, 5.41) is 5.07. The molecule has 1 saturated carbocycles. The molecule has 0 bridgehead atoms. The molecule has 18 heavy (non-hydrogen) atoms. The molecular weight excluding hydrogens is 236 g/mol. The van der Waals surface area contributed by atoms with Crippen LogP contribution < -0.4 is 10.6 Å². The topological polar surface area (TPSA) is 84.5 Å². The molecule has 1 aliphatic rings. The van der Waals surface area contributed by atoms with E-state index in [-0.39, 0.29) is 25.1 Å². The van der Waals surface area contributed by atoms with Gasteiger partial charge in [0.25, 0.3) is 0 Å². The second-order valence-corrected chi connectivity index (χ2v) is 4.31. The van der Waals surface area contributed by atoms with Crippen LogP contribution in [0.3, 0.4) is 0 Å². The lowest BCUT2D eigenvalue weighted by Gasteiger charge is -2.22. The number of nitrogens with one attached hydrogen (secondary N) is 2. The molecule has 1 fully saturated rings. The van der Waals surface area contributed by atoms with Gasteiger partial charge < -0.3 is 15.4 Å². The van der Waals surface area contributed by atoms with Gasteiger partial charge in [0.1, 0.15) is 0 Å². The molecule has 0 aromatic carbocycles. The summed E-state index contributed by atoms with van der Waals surface area (Å²) in [6, 6.07) is 0.200. The summed E-state index contributed by atoms with van der Waals surface area (Å²) in [6.45, 7) is 1.57. The highest BCUT2D eigenvalue weighted by molar-refractivity contribution is 6.32. The molecular formula is C12H20N2O4. The Hall–Kier alpha value is -1.59. The maximum atomic E-state index is 11.5. The zero-order valence-corrected chi connectivity index (χ0v) is 10.7. The van der Waals surface area contributed by atoms with Gasteiger partial charge >= 0.3 is 11.9 Å². The highest BCUT2D eigenvalue weighted by Gasteiger charge is 2.18. The Balaban J connectivity index is 2.19. The molecule has 0 aliphatic heterocycles. The highest BCUT2D eigenvalue weighted by atomic mass is 16.5. The fourth-order valence-electron chi connectivity index (χ4n) is 1.95. The van der Waals surface area contributed by atoms with Crippen LogP contribution in [0.25, 0.3) is 0 Å². The van der Waals surface area contributed by atoms with E-state index in [2.05, 4.69) is 15.4 Å². The average molecular weight is 256 g/mol. The number of hydrogen-bond acceptors (Lipinski definition) is 4. The SMILES string of the molecule is CCOC(=O)C(=O)NCC(=O)NC1CCCCC1. The smallest absolute Gasteiger partial charge is 0.396 e. The van der Waals surface area contributed by atoms with Crippen LogP contribution in [-0.2, 0) is 19.1 Å². The van der Waals surface area contributed by atoms with Gasteiger partial charge in [0.05, 0.1) is 13.2 Å². The second-order valence-electron chi connectivity index (χ2n) is 4.31. The van der Waals surface area contributed by atoms with Crippen molar-refractivity contribution in [2.24, 2.45) is 0 Å². The molecule has 0 radical (unpaired) electrons. The Kier molecular flexibility index (Phi) is 6.18. The van der Waals surface area contributed by atoms with Crippen LogP contribution in [0, 0.1) is 0 Å². The van der Waals surface area contributed by atoms with Gasteiger partial charge in [-0.25, -0.2) is 4.79 Å². The molecule has 0 unspecified atom stereocenters. The summed E-state index contributed by atoms with van der Waals surface area (Å²) < 4.78 is 4.50. The molecule has 2 N–H and O–H groups in total. The van der Waals surface area contributed by atoms with E-state index in [9.17, 15) is 14.4 Å². The Bertz CT molecular complexity index is 311. The van der Waals surface area contributed by atoms with Gasteiger partial charge in [-0.2, -0.15) is 0 Å². The van der Waals surface area contributed by atoms with Crippen LogP contribution in [-0.4, -0.2) is 37.0 Å². The van der Waals surface area contributed by atoms with Gasteiger partial charge in [0.15, 0.2) is 0 Å². The van der Waals surface area contributed by atoms with Crippen molar-refractivity contribution in [3.8, 4) is 0 Å². The number of hydrogen-bond donors (Lipinski definition) is 2. The molecule has 0 atom stereocenters. The van der Waals surface area contributed by atoms with Crippen LogP contribution in [0.1, 0.15) is 39.0 Å². The largest absolute Gasteiger partial charge is 0.459 e. The maximum Gasteiger partial charge on any atom is 0.396 e. The lowest BCUT2D eigenvalue weighted by Crippen LogP contribution is -2.44. The number of amides is 2. The van der Waals surface area contributed by atoms with Crippen molar-refractivity contribution in [1.29, 1.82) is 0 Å². The third kappa shape index (κ3) is 5.16. The fourth-order valence-corrected chi connectivity index (χ4v) is 1.95. The summed E-state index contributed by atoms with van der Waals surface area (Å²) >= 11 is 0. The first-order valence-electron chi connectivity index (χ1n) is 6.37. The summed E-state index contributed by atoms with van der Waals surface area (Å²) in [7, 11) is 0. The lowest BCUT2D eigenvalue weighted by atomic mass is 9.95. The standard InChI is InChI=1S/C12H20N2O4/c1-2-18-12(17)11(16)13-8-10(15)14-9-6-4-3-5-7-9/h9H,2-8H2,1H3,(H,13,16)(H,14,15). The van der Waals surface area contributed by atoms with E-state index in [0.717, 1.165) is 25.7 Å². The minimum Gasteiger partial charge on any atom is -0.459 e. The zero-order valence-electron chi connectivity index (χ0n) is 10.7. The molecule has 0 heterocycles. The van der Waals surface area contributed by atoms with Gasteiger partial charge in [-0.1, -0.05) is 19.3 Å². The van der Waals surface area contributed by atoms with Crippen LogP contribution >= 0.6 is 0 Å². The van der Waals surface area contributed by atoms with Crippen LogP contribution in [0.4, 0.5) is 0 Å². The highest BCUT2D eigenvalue weighted by Crippen LogP contribution is 2.16. The lowest BCUT2D eigenvalue weighted by molar-refractivity contribution is -0.154. The van der Waals surface area contributed by atoms with Crippen molar-refractivity contribution in [2.75, 3.05) is 13.2 Å². The Morgan fingerprint density at radius 1 is 1.17 bits per heavy atom. The third-order valence-electron chi connectivity index (χ3n) is 2.84. The molecule has 6 heteroatoms. The number of carbonyl (C=O) groups is 3. The zero-order chi connectivity index (χ0) is 13.4. The summed E-state index contributed by atoms with van der Waals surface area (Å²) in [4.78, 5) is 33.7. The minimum absolute atomic E-state index is 0.139. The van der Waals surface area contributed by atoms with Crippen molar-refractivity contribution in [1.82, 2.24) is 10.6 Å². The first-order valence-corrected chi connectivity index (χ1v) is 6.37. The molecule has 6 nitrogen and oxygen atoms in total. The number of carbonyl (C=O) groups excluding carboxylic acids is 3. The van der Waals surface area contributed by atoms with Gasteiger partial charge in [0, 0.05) is 6.04 Å². The first kappa shape index (κ1) is 14.5. The van der Waals surface area contributed by atoms with Crippen LogP contribution in [0.15, 0.2) is 0 Å². The molecule has 2 amide bonds. The first-order chi connectivity index (χ1) is 8.63. The van der Waals surface area contributed by atoms with Crippen molar-refractivity contribution in [3.63, 3.8) is 0 Å². The van der Waals surface area contributed by atoms with E-state index in [1.807, 2.05) is 0 Å². The molecule has 1 rings (SSSR count). The van der Waals surface area contributed by atoms with E-state index in [4.69, 9.17) is 0 Å². The van der Waals surface area contributed by atoms with E-state index in [1.54, 1.807) is 6.92 Å². The van der Waals surface area contributed by atoms with Crippen LogP contribution in [0.2, 0.25) is 0 Å². The van der Waals surface area contributed by atoms with E-state index in [0.29, 0.717) is 0 Å². The van der Waals surface area contributed by atoms with E-state index in [1.165, 1.54) is 6.42 Å². The monoisotopic (exact) mass is 256 g/mol. The van der Waals surface area contributed by atoms with Crippen LogP contribution in [0.5, 0.6) is 0 Å². The Morgan fingerprint density at radius 2 is 1.83 bits per heavy atom. The molecule has 0 saturated heterocycles. The van der Waals surface area contributed by atoms with Gasteiger partial charge in [0.2, 0.25) is 5.91 Å². The number of esters is 1. The molecule has 0 aromatic heterocycles. The summed E-state index contributed by atoms with van der Waals surface area (Å²) in [5.41, 5.74) is 0. The van der Waals surface area contributed by atoms with Crippen molar-refractivity contribution in [3.05, 3.63) is 0 Å². The molecule has 102 valence electrons. The molecule has 1 aliphatic carbocycles. The maximum absolute atomic E-state index is 11.5. The van der Waals surface area contributed by atoms with E-state index < -0.39 is 11.9 Å². The fraction of sp³-hybridized carbons (Fsp3) is 0.750. The Morgan fingerprint density at radius 3 is 2.44 bits per heavy atom. The summed E-state index contributed by atoms with van der Waals surface area (Å²) in [6.07, 6.45) is 5.43. The van der Waals surface area contributed by atoms with Crippen molar-refractivity contribution >= 4 is 17.8 Å². The van der Waals surface area contributed by atoms with Gasteiger partial charge in [-0.05, 0) is 19.8 Å². The predicted octanol–water partition coefficient (Wildman–Crippen LogP) is 0.115. The molecule has 0 aromatic rings. The summed E-state index contributed by atoms with van der Waals surface area (Å²) in [5.74, 6) is -2.10. The third-order valence-corrected chi connectivity index (χ3v) is 2.84. The average Bonchev–Trinajstić information content (AvgIpc) is 2.37. The van der Waals surface area contributed by atoms with Crippen molar-refractivity contribution < 1.29 is 19.1 Å². The van der Waals surface area contributed by atoms with E-state index >= 15 is 0 Å². The predicted molar refractivity (Wildman–Crippen MR) is 64.7 cm³/mol. The molecule has 0 spiro atoms. The van der Waals surface area contributed by atoms with Gasteiger partial charge in [-0.3, -0.25) is 9.59 Å². The number of ether oxygens (including phenoxy) is 1. The Labute approximate surface area is 106 Å². The number of rotatable bonds is 4. The second kappa shape index (κ2) is 7.68. The normalized spacial score (nSPS) is 15.8. The quantitative estimate of drug-likeness (QED) is 0.552. The van der Waals surface area contributed by atoms with Crippen molar-refractivity contribution in [2.45, 2.75) is 45.1 Å². The minimum atomic E-state index is -0.956. The van der Waals surface area contributed by atoms with Gasteiger partial charge in [-0.15, -0.1) is 0 Å².